The van der Waals surface area contributed by atoms with Gasteiger partial charge in [-0.15, -0.1) is 0 Å². The minimum Gasteiger partial charge on any atom is -0.370 e. The maximum atomic E-state index is 13.2. The van der Waals surface area contributed by atoms with Crippen LogP contribution in [0.1, 0.15) is 13.3 Å². The summed E-state index contributed by atoms with van der Waals surface area (Å²) in [4.78, 5) is 13.4. The molecule has 1 aromatic carbocycles. The average molecular weight is 242 g/mol. The van der Waals surface area contributed by atoms with Crippen molar-refractivity contribution in [2.45, 2.75) is 13.3 Å². The van der Waals surface area contributed by atoms with E-state index in [0.717, 1.165) is 5.69 Å². The molecule has 1 heterocycles. The Balaban J connectivity index is 2.21. The third-order valence-corrected chi connectivity index (χ3v) is 3.10. The first-order valence-electron chi connectivity index (χ1n) is 5.30. The Morgan fingerprint density at radius 2 is 2.19 bits per heavy atom. The van der Waals surface area contributed by atoms with Gasteiger partial charge in [0, 0.05) is 36.1 Å². The second-order valence-electron chi connectivity index (χ2n) is 4.19. The van der Waals surface area contributed by atoms with E-state index in [9.17, 15) is 9.18 Å². The van der Waals surface area contributed by atoms with Gasteiger partial charge in [-0.1, -0.05) is 18.5 Å². The van der Waals surface area contributed by atoms with Crippen molar-refractivity contribution in [3.8, 4) is 0 Å². The molecule has 86 valence electrons. The number of anilines is 1. The van der Waals surface area contributed by atoms with Gasteiger partial charge in [0.1, 0.15) is 11.6 Å². The molecule has 1 unspecified atom stereocenters. The molecule has 4 heteroatoms. The molecule has 0 aromatic heterocycles. The number of carbonyl (C=O) groups is 1. The van der Waals surface area contributed by atoms with Gasteiger partial charge >= 0.3 is 0 Å². The average Bonchev–Trinajstić information content (AvgIpc) is 2.20. The summed E-state index contributed by atoms with van der Waals surface area (Å²) in [6.07, 6.45) is 0.523. The molecule has 0 saturated carbocycles. The summed E-state index contributed by atoms with van der Waals surface area (Å²) in [6, 6.07) is 4.46. The van der Waals surface area contributed by atoms with Gasteiger partial charge in [-0.3, -0.25) is 4.79 Å². The van der Waals surface area contributed by atoms with Gasteiger partial charge in [-0.25, -0.2) is 4.39 Å². The van der Waals surface area contributed by atoms with E-state index in [4.69, 9.17) is 11.6 Å². The van der Waals surface area contributed by atoms with Crippen molar-refractivity contribution in [1.29, 1.82) is 0 Å². The normalized spacial score (nSPS) is 21.3. The number of ketones is 1. The fraction of sp³-hybridized carbons (Fsp3) is 0.417. The van der Waals surface area contributed by atoms with Crippen LogP contribution in [0.5, 0.6) is 0 Å². The SMILES string of the molecule is CC1CN(c2cc(F)cc(Cl)c2)CCC1=O. The highest BCUT2D eigenvalue weighted by Gasteiger charge is 2.23. The molecule has 1 aromatic rings. The quantitative estimate of drug-likeness (QED) is 0.754. The number of rotatable bonds is 1. The van der Waals surface area contributed by atoms with Crippen LogP contribution in [0.2, 0.25) is 5.02 Å². The lowest BCUT2D eigenvalue weighted by molar-refractivity contribution is -0.122. The summed E-state index contributed by atoms with van der Waals surface area (Å²) >= 11 is 5.80. The molecule has 0 aliphatic carbocycles. The Kier molecular flexibility index (Phi) is 3.15. The van der Waals surface area contributed by atoms with Gasteiger partial charge in [0.2, 0.25) is 0 Å². The molecule has 1 aliphatic rings. The molecule has 0 amide bonds. The van der Waals surface area contributed by atoms with Gasteiger partial charge in [-0.2, -0.15) is 0 Å². The first-order valence-corrected chi connectivity index (χ1v) is 5.68. The number of Topliss-reactive ketones (excluding diaryl/α,β-unsaturated/α-hetero) is 1. The topological polar surface area (TPSA) is 20.3 Å². The zero-order valence-corrected chi connectivity index (χ0v) is 9.80. The molecule has 16 heavy (non-hydrogen) atoms. The number of hydrogen-bond acceptors (Lipinski definition) is 2. The van der Waals surface area contributed by atoms with E-state index in [1.807, 2.05) is 11.8 Å². The zero-order valence-electron chi connectivity index (χ0n) is 9.04. The summed E-state index contributed by atoms with van der Waals surface area (Å²) in [5.41, 5.74) is 0.754. The third kappa shape index (κ3) is 2.35. The Bertz CT molecular complexity index is 401. The van der Waals surface area contributed by atoms with Crippen LogP contribution in [0.4, 0.5) is 10.1 Å². The number of carbonyl (C=O) groups excluding carboxylic acids is 1. The largest absolute Gasteiger partial charge is 0.370 e. The van der Waals surface area contributed by atoms with Crippen LogP contribution in [0.15, 0.2) is 18.2 Å². The summed E-state index contributed by atoms with van der Waals surface area (Å²) in [7, 11) is 0. The van der Waals surface area contributed by atoms with Crippen LogP contribution in [-0.2, 0) is 4.79 Å². The Morgan fingerprint density at radius 1 is 1.44 bits per heavy atom. The minimum absolute atomic E-state index is 0.00999. The summed E-state index contributed by atoms with van der Waals surface area (Å²) in [5, 5.41) is 0.388. The van der Waals surface area contributed by atoms with Gasteiger partial charge in [0.15, 0.2) is 0 Å². The molecule has 1 fully saturated rings. The summed E-state index contributed by atoms with van der Waals surface area (Å²) in [6.45, 7) is 3.18. The van der Waals surface area contributed by atoms with Crippen molar-refractivity contribution in [2.75, 3.05) is 18.0 Å². The Hall–Kier alpha value is -1.09. The van der Waals surface area contributed by atoms with Crippen molar-refractivity contribution in [3.05, 3.63) is 29.0 Å². The van der Waals surface area contributed by atoms with Crippen molar-refractivity contribution >= 4 is 23.1 Å². The molecule has 0 N–H and O–H groups in total. The monoisotopic (exact) mass is 241 g/mol. The third-order valence-electron chi connectivity index (χ3n) is 2.88. The molecule has 0 bridgehead atoms. The van der Waals surface area contributed by atoms with Crippen LogP contribution in [0.3, 0.4) is 0 Å². The van der Waals surface area contributed by atoms with E-state index < -0.39 is 0 Å². The van der Waals surface area contributed by atoms with Gasteiger partial charge in [-0.05, 0) is 18.2 Å². The van der Waals surface area contributed by atoms with E-state index >= 15 is 0 Å². The number of benzene rings is 1. The predicted octanol–water partition coefficient (Wildman–Crippen LogP) is 2.89. The Morgan fingerprint density at radius 3 is 2.81 bits per heavy atom. The van der Waals surface area contributed by atoms with E-state index in [2.05, 4.69) is 0 Å². The van der Waals surface area contributed by atoms with Crippen LogP contribution in [0, 0.1) is 11.7 Å². The number of nitrogens with zero attached hydrogens (tertiary/aromatic N) is 1. The van der Waals surface area contributed by atoms with Crippen molar-refractivity contribution in [2.24, 2.45) is 5.92 Å². The summed E-state index contributed by atoms with van der Waals surface area (Å²) in [5.74, 6) is -0.0541. The number of piperidine rings is 1. The lowest BCUT2D eigenvalue weighted by Gasteiger charge is -2.32. The molecule has 2 rings (SSSR count). The maximum absolute atomic E-state index is 13.2. The Labute approximate surface area is 99.0 Å². The lowest BCUT2D eigenvalue weighted by atomic mass is 9.98. The second-order valence-corrected chi connectivity index (χ2v) is 4.63. The molecular formula is C12H13ClFNO. The van der Waals surface area contributed by atoms with E-state index in [1.54, 1.807) is 6.07 Å². The molecule has 2 nitrogen and oxygen atoms in total. The highest BCUT2D eigenvalue weighted by atomic mass is 35.5. The second kappa shape index (κ2) is 4.42. The fourth-order valence-corrected chi connectivity index (χ4v) is 2.19. The van der Waals surface area contributed by atoms with Crippen molar-refractivity contribution in [3.63, 3.8) is 0 Å². The first kappa shape index (κ1) is 11.4. The number of halogens is 2. The smallest absolute Gasteiger partial charge is 0.139 e. The maximum Gasteiger partial charge on any atom is 0.139 e. The van der Waals surface area contributed by atoms with Crippen molar-refractivity contribution in [1.82, 2.24) is 0 Å². The predicted molar refractivity (Wildman–Crippen MR) is 62.4 cm³/mol. The van der Waals surface area contributed by atoms with Crippen LogP contribution >= 0.6 is 11.6 Å². The minimum atomic E-state index is -0.341. The van der Waals surface area contributed by atoms with Crippen LogP contribution < -0.4 is 4.90 Å². The molecule has 0 spiro atoms. The molecule has 1 atom stereocenters. The van der Waals surface area contributed by atoms with Gasteiger partial charge in [0.25, 0.3) is 0 Å². The number of hydrogen-bond donors (Lipinski definition) is 0. The molecular weight excluding hydrogens is 229 g/mol. The lowest BCUT2D eigenvalue weighted by Crippen LogP contribution is -2.39. The highest BCUT2D eigenvalue weighted by Crippen LogP contribution is 2.25. The molecule has 1 saturated heterocycles. The van der Waals surface area contributed by atoms with Gasteiger partial charge < -0.3 is 4.90 Å². The van der Waals surface area contributed by atoms with Crippen LogP contribution in [-0.4, -0.2) is 18.9 Å². The first-order chi connectivity index (χ1) is 7.56. The zero-order chi connectivity index (χ0) is 11.7. The fourth-order valence-electron chi connectivity index (χ4n) is 1.97. The summed E-state index contributed by atoms with van der Waals surface area (Å²) < 4.78 is 13.2. The van der Waals surface area contributed by atoms with Gasteiger partial charge in [0.05, 0.1) is 0 Å². The molecule has 0 radical (unpaired) electrons. The van der Waals surface area contributed by atoms with Crippen molar-refractivity contribution < 1.29 is 9.18 Å². The standard InChI is InChI=1S/C12H13ClFNO/c1-8-7-15(3-2-12(8)16)11-5-9(13)4-10(14)6-11/h4-6,8H,2-3,7H2,1H3. The highest BCUT2D eigenvalue weighted by molar-refractivity contribution is 6.30. The van der Waals surface area contributed by atoms with Crippen LogP contribution in [0.25, 0.3) is 0 Å². The van der Waals surface area contributed by atoms with E-state index in [1.165, 1.54) is 12.1 Å². The molecule has 1 aliphatic heterocycles. The van der Waals surface area contributed by atoms with E-state index in [-0.39, 0.29) is 17.5 Å². The van der Waals surface area contributed by atoms with E-state index in [0.29, 0.717) is 24.5 Å².